The van der Waals surface area contributed by atoms with Crippen LogP contribution in [-0.4, -0.2) is 15.9 Å². The van der Waals surface area contributed by atoms with Gasteiger partial charge in [0, 0.05) is 18.3 Å². The minimum atomic E-state index is -4.44. The van der Waals surface area contributed by atoms with Gasteiger partial charge in [0.05, 0.1) is 16.3 Å². The van der Waals surface area contributed by atoms with Gasteiger partial charge in [-0.25, -0.2) is 4.98 Å². The first-order valence-corrected chi connectivity index (χ1v) is 6.61. The lowest BCUT2D eigenvalue weighted by molar-refractivity contribution is -0.137. The second-order valence-corrected chi connectivity index (χ2v) is 5.31. The van der Waals surface area contributed by atoms with Gasteiger partial charge in [-0.1, -0.05) is 25.4 Å². The molecule has 0 aliphatic heterocycles. The summed E-state index contributed by atoms with van der Waals surface area (Å²) in [5, 5.41) is -0.00926. The quantitative estimate of drug-likeness (QED) is 0.941. The summed E-state index contributed by atoms with van der Waals surface area (Å²) in [4.78, 5) is 4.36. The van der Waals surface area contributed by atoms with Crippen molar-refractivity contribution < 1.29 is 13.2 Å². The van der Waals surface area contributed by atoms with E-state index < -0.39 is 11.7 Å². The van der Waals surface area contributed by atoms with Crippen molar-refractivity contribution in [2.24, 2.45) is 5.73 Å². The summed E-state index contributed by atoms with van der Waals surface area (Å²) in [5.41, 5.74) is 6.51. The molecule has 2 aromatic heterocycles. The van der Waals surface area contributed by atoms with E-state index in [-0.39, 0.29) is 10.9 Å². The number of nitrogens with two attached hydrogens (primary N) is 1. The van der Waals surface area contributed by atoms with E-state index in [1.54, 1.807) is 0 Å². The molecule has 0 amide bonds. The fourth-order valence-electron chi connectivity index (χ4n) is 2.17. The lowest BCUT2D eigenvalue weighted by Crippen LogP contribution is -2.10. The summed E-state index contributed by atoms with van der Waals surface area (Å²) >= 11 is 5.94. The molecule has 3 nitrogen and oxygen atoms in total. The second kappa shape index (κ2) is 5.26. The highest BCUT2D eigenvalue weighted by Crippen LogP contribution is 2.34. The van der Waals surface area contributed by atoms with E-state index >= 15 is 0 Å². The summed E-state index contributed by atoms with van der Waals surface area (Å²) in [7, 11) is 0. The number of hydrogen-bond donors (Lipinski definition) is 1. The van der Waals surface area contributed by atoms with E-state index in [1.807, 2.05) is 13.8 Å². The van der Waals surface area contributed by atoms with Gasteiger partial charge in [-0.3, -0.25) is 0 Å². The maximum absolute atomic E-state index is 12.9. The summed E-state index contributed by atoms with van der Waals surface area (Å²) in [6.07, 6.45) is -2.96. The van der Waals surface area contributed by atoms with Crippen molar-refractivity contribution in [1.82, 2.24) is 9.38 Å². The number of nitrogens with zero attached hydrogens (tertiary/aromatic N) is 2. The Morgan fingerprint density at radius 1 is 1.40 bits per heavy atom. The maximum Gasteiger partial charge on any atom is 0.417 e. The number of rotatable bonds is 3. The summed E-state index contributed by atoms with van der Waals surface area (Å²) < 4.78 is 40.0. The number of pyridine rings is 1. The molecule has 2 rings (SSSR count). The molecule has 2 heterocycles. The van der Waals surface area contributed by atoms with E-state index in [1.165, 1.54) is 4.40 Å². The van der Waals surface area contributed by atoms with Gasteiger partial charge in [-0.2, -0.15) is 13.2 Å². The third-order valence-electron chi connectivity index (χ3n) is 3.06. The van der Waals surface area contributed by atoms with Crippen LogP contribution in [0.2, 0.25) is 5.02 Å². The Morgan fingerprint density at radius 2 is 2.05 bits per heavy atom. The third-order valence-corrected chi connectivity index (χ3v) is 3.34. The maximum atomic E-state index is 12.9. The van der Waals surface area contributed by atoms with Crippen molar-refractivity contribution in [3.05, 3.63) is 34.2 Å². The monoisotopic (exact) mass is 305 g/mol. The van der Waals surface area contributed by atoms with Gasteiger partial charge < -0.3 is 10.1 Å². The Morgan fingerprint density at radius 3 is 2.55 bits per heavy atom. The van der Waals surface area contributed by atoms with Crippen LogP contribution in [0.1, 0.15) is 36.7 Å². The van der Waals surface area contributed by atoms with Crippen LogP contribution in [-0.2, 0) is 12.6 Å². The Labute approximate surface area is 119 Å². The molecule has 0 aliphatic rings. The number of aromatic nitrogens is 2. The minimum Gasteiger partial charge on any atom is -0.330 e. The van der Waals surface area contributed by atoms with Crippen LogP contribution in [0.15, 0.2) is 12.3 Å². The van der Waals surface area contributed by atoms with Gasteiger partial charge in [-0.15, -0.1) is 0 Å². The predicted molar refractivity (Wildman–Crippen MR) is 72.1 cm³/mol. The van der Waals surface area contributed by atoms with Crippen molar-refractivity contribution in [2.75, 3.05) is 6.54 Å². The smallest absolute Gasteiger partial charge is 0.330 e. The molecule has 0 unspecified atom stereocenters. The van der Waals surface area contributed by atoms with Gasteiger partial charge in [0.1, 0.15) is 0 Å². The molecule has 0 radical (unpaired) electrons. The van der Waals surface area contributed by atoms with Gasteiger partial charge in [0.2, 0.25) is 0 Å². The lowest BCUT2D eigenvalue weighted by Gasteiger charge is -2.10. The molecule has 0 spiro atoms. The summed E-state index contributed by atoms with van der Waals surface area (Å²) in [5.74, 6) is 0.0850. The number of imidazole rings is 1. The normalized spacial score (nSPS) is 12.6. The third kappa shape index (κ3) is 2.62. The molecule has 2 N–H and O–H groups in total. The van der Waals surface area contributed by atoms with E-state index in [4.69, 9.17) is 17.3 Å². The highest BCUT2D eigenvalue weighted by atomic mass is 35.5. The van der Waals surface area contributed by atoms with E-state index in [0.29, 0.717) is 24.3 Å². The minimum absolute atomic E-state index is 0.00926. The van der Waals surface area contributed by atoms with Crippen LogP contribution in [0.3, 0.4) is 0 Å². The Kier molecular flexibility index (Phi) is 3.97. The fraction of sp³-hybridized carbons (Fsp3) is 0.462. The van der Waals surface area contributed by atoms with E-state index in [2.05, 4.69) is 4.98 Å². The molecule has 110 valence electrons. The van der Waals surface area contributed by atoms with Crippen LogP contribution in [0.4, 0.5) is 13.2 Å². The molecular weight excluding hydrogens is 291 g/mol. The van der Waals surface area contributed by atoms with Crippen LogP contribution in [0.5, 0.6) is 0 Å². The average molecular weight is 306 g/mol. The van der Waals surface area contributed by atoms with Crippen molar-refractivity contribution in [1.29, 1.82) is 0 Å². The molecular formula is C13H15ClF3N3. The zero-order valence-electron chi connectivity index (χ0n) is 11.1. The Bertz CT molecular complexity index is 632. The van der Waals surface area contributed by atoms with E-state index in [9.17, 15) is 13.2 Å². The molecule has 0 atom stereocenters. The summed E-state index contributed by atoms with van der Waals surface area (Å²) in [6, 6.07) is 0.903. The second-order valence-electron chi connectivity index (χ2n) is 4.91. The zero-order valence-corrected chi connectivity index (χ0v) is 11.9. The van der Waals surface area contributed by atoms with Crippen molar-refractivity contribution in [3.8, 4) is 0 Å². The Hall–Kier alpha value is -1.27. The number of hydrogen-bond acceptors (Lipinski definition) is 2. The first kappa shape index (κ1) is 15.1. The van der Waals surface area contributed by atoms with Crippen molar-refractivity contribution >= 4 is 17.2 Å². The van der Waals surface area contributed by atoms with E-state index in [0.717, 1.165) is 18.0 Å². The SMILES string of the molecule is CC(C)c1nc2c(Cl)cc(C(F)(F)F)cn2c1CCN. The number of fused-ring (bicyclic) bond motifs is 1. The zero-order chi connectivity index (χ0) is 15.1. The van der Waals surface area contributed by atoms with Gasteiger partial charge >= 0.3 is 6.18 Å². The lowest BCUT2D eigenvalue weighted by atomic mass is 10.1. The molecule has 20 heavy (non-hydrogen) atoms. The standard InChI is InChI=1S/C13H15ClF3N3/c1-7(2)11-10(3-4-18)20-6-8(13(15,16)17)5-9(14)12(20)19-11/h5-7H,3-4,18H2,1-2H3. The first-order chi connectivity index (χ1) is 9.25. The highest BCUT2D eigenvalue weighted by Gasteiger charge is 2.32. The fourth-order valence-corrected chi connectivity index (χ4v) is 2.42. The van der Waals surface area contributed by atoms with Crippen LogP contribution >= 0.6 is 11.6 Å². The first-order valence-electron chi connectivity index (χ1n) is 6.23. The Balaban J connectivity index is 2.76. The highest BCUT2D eigenvalue weighted by molar-refractivity contribution is 6.33. The molecule has 2 aromatic rings. The number of halogens is 4. The molecule has 0 aliphatic carbocycles. The summed E-state index contributed by atoms with van der Waals surface area (Å²) in [6.45, 7) is 4.20. The van der Waals surface area contributed by atoms with Gasteiger partial charge in [0.25, 0.3) is 0 Å². The van der Waals surface area contributed by atoms with Crippen LogP contribution in [0, 0.1) is 0 Å². The van der Waals surface area contributed by atoms with Crippen molar-refractivity contribution in [2.45, 2.75) is 32.4 Å². The largest absolute Gasteiger partial charge is 0.417 e. The number of alkyl halides is 3. The van der Waals surface area contributed by atoms with Gasteiger partial charge in [-0.05, 0) is 18.5 Å². The molecule has 0 aromatic carbocycles. The molecule has 7 heteroatoms. The average Bonchev–Trinajstić information content (AvgIpc) is 2.68. The predicted octanol–water partition coefficient (Wildman–Crippen LogP) is 3.63. The molecule has 0 bridgehead atoms. The molecule has 0 saturated carbocycles. The van der Waals surface area contributed by atoms with Crippen molar-refractivity contribution in [3.63, 3.8) is 0 Å². The van der Waals surface area contributed by atoms with Crippen LogP contribution in [0.25, 0.3) is 5.65 Å². The molecule has 0 fully saturated rings. The van der Waals surface area contributed by atoms with Crippen LogP contribution < -0.4 is 5.73 Å². The van der Waals surface area contributed by atoms with Gasteiger partial charge in [0.15, 0.2) is 5.65 Å². The molecule has 0 saturated heterocycles. The topological polar surface area (TPSA) is 43.3 Å².